The van der Waals surface area contributed by atoms with Gasteiger partial charge in [0.2, 0.25) is 5.91 Å². The van der Waals surface area contributed by atoms with Gasteiger partial charge in [-0.3, -0.25) is 4.79 Å². The van der Waals surface area contributed by atoms with Crippen LogP contribution < -0.4 is 10.6 Å². The molecule has 2 N–H and O–H groups in total. The van der Waals surface area contributed by atoms with Gasteiger partial charge in [0, 0.05) is 34.3 Å². The highest BCUT2D eigenvalue weighted by atomic mass is 127. The van der Waals surface area contributed by atoms with Gasteiger partial charge in [0.25, 0.3) is 0 Å². The fourth-order valence-electron chi connectivity index (χ4n) is 1.75. The van der Waals surface area contributed by atoms with Crippen LogP contribution >= 0.6 is 24.0 Å². The van der Waals surface area contributed by atoms with E-state index >= 15 is 0 Å². The second-order valence-electron chi connectivity index (χ2n) is 5.18. The van der Waals surface area contributed by atoms with Gasteiger partial charge in [-0.15, -0.1) is 24.0 Å². The standard InChI is InChI=1S/C16H25FN4O2.HI/c1-21(2)15(22)12-20-16(19-9-10-23-3)18-8-7-13-5-4-6-14(17)11-13;/h4-6,11H,7-10,12H2,1-3H3,(H2,18,19,20);1H. The zero-order valence-electron chi connectivity index (χ0n) is 14.3. The van der Waals surface area contributed by atoms with E-state index in [4.69, 9.17) is 4.74 Å². The van der Waals surface area contributed by atoms with Crippen molar-refractivity contribution in [3.05, 3.63) is 35.6 Å². The number of carbonyl (C=O) groups excluding carboxylic acids is 1. The van der Waals surface area contributed by atoms with Gasteiger partial charge in [-0.25, -0.2) is 9.38 Å². The van der Waals surface area contributed by atoms with Crippen molar-refractivity contribution in [2.45, 2.75) is 6.42 Å². The number of benzene rings is 1. The molecule has 0 fully saturated rings. The average Bonchev–Trinajstić information content (AvgIpc) is 2.51. The van der Waals surface area contributed by atoms with Gasteiger partial charge in [0.05, 0.1) is 6.61 Å². The number of amides is 1. The Morgan fingerprint density at radius 2 is 2.00 bits per heavy atom. The SMILES string of the molecule is COCCNC(=NCC(=O)N(C)C)NCCc1cccc(F)c1.I. The molecule has 1 amide bonds. The normalized spacial score (nSPS) is 10.8. The van der Waals surface area contributed by atoms with Crippen molar-refractivity contribution in [3.8, 4) is 0 Å². The fraction of sp³-hybridized carbons (Fsp3) is 0.500. The van der Waals surface area contributed by atoms with E-state index in [0.717, 1.165) is 5.56 Å². The van der Waals surface area contributed by atoms with Crippen LogP contribution in [-0.2, 0) is 16.0 Å². The quantitative estimate of drug-likeness (QED) is 0.270. The Labute approximate surface area is 159 Å². The largest absolute Gasteiger partial charge is 0.383 e. The third-order valence-electron chi connectivity index (χ3n) is 3.07. The first-order chi connectivity index (χ1) is 11.0. The lowest BCUT2D eigenvalue weighted by molar-refractivity contribution is -0.127. The molecule has 0 saturated heterocycles. The number of rotatable bonds is 8. The Morgan fingerprint density at radius 3 is 2.62 bits per heavy atom. The predicted octanol–water partition coefficient (Wildman–Crippen LogP) is 1.26. The minimum absolute atomic E-state index is 0. The molecule has 8 heteroatoms. The Hall–Kier alpha value is -1.42. The van der Waals surface area contributed by atoms with Crippen molar-refractivity contribution < 1.29 is 13.9 Å². The number of likely N-dealkylation sites (N-methyl/N-ethyl adjacent to an activating group) is 1. The maximum Gasteiger partial charge on any atom is 0.243 e. The number of hydrogen-bond acceptors (Lipinski definition) is 3. The highest BCUT2D eigenvalue weighted by Crippen LogP contribution is 2.03. The lowest BCUT2D eigenvalue weighted by atomic mass is 10.1. The molecular formula is C16H26FIN4O2. The number of carbonyl (C=O) groups is 1. The minimum Gasteiger partial charge on any atom is -0.383 e. The molecule has 0 aromatic heterocycles. The van der Waals surface area contributed by atoms with Crippen LogP contribution in [0, 0.1) is 5.82 Å². The monoisotopic (exact) mass is 452 g/mol. The summed E-state index contributed by atoms with van der Waals surface area (Å²) in [5.41, 5.74) is 0.901. The molecule has 1 aromatic carbocycles. The van der Waals surface area contributed by atoms with Crippen molar-refractivity contribution in [2.75, 3.05) is 47.4 Å². The van der Waals surface area contributed by atoms with Gasteiger partial charge in [-0.1, -0.05) is 12.1 Å². The maximum atomic E-state index is 13.1. The molecule has 0 saturated carbocycles. The number of methoxy groups -OCH3 is 1. The Bertz CT molecular complexity index is 527. The third kappa shape index (κ3) is 9.66. The number of guanidine groups is 1. The summed E-state index contributed by atoms with van der Waals surface area (Å²) in [6.45, 7) is 1.76. The van der Waals surface area contributed by atoms with E-state index in [1.807, 2.05) is 6.07 Å². The number of hydrogen-bond donors (Lipinski definition) is 2. The van der Waals surface area contributed by atoms with Crippen LogP contribution in [0.15, 0.2) is 29.3 Å². The first kappa shape index (κ1) is 22.6. The van der Waals surface area contributed by atoms with Crippen LogP contribution in [0.2, 0.25) is 0 Å². The van der Waals surface area contributed by atoms with E-state index in [1.54, 1.807) is 27.3 Å². The van der Waals surface area contributed by atoms with Crippen LogP contribution in [0.1, 0.15) is 5.56 Å². The molecule has 6 nitrogen and oxygen atoms in total. The maximum absolute atomic E-state index is 13.1. The molecule has 1 rings (SSSR count). The number of nitrogens with one attached hydrogen (secondary N) is 2. The van der Waals surface area contributed by atoms with Crippen LogP contribution in [0.25, 0.3) is 0 Å². The Kier molecular flexibility index (Phi) is 12.2. The molecule has 0 aliphatic heterocycles. The molecule has 0 spiro atoms. The topological polar surface area (TPSA) is 66.0 Å². The summed E-state index contributed by atoms with van der Waals surface area (Å²) in [5, 5.41) is 6.21. The minimum atomic E-state index is -0.244. The molecule has 0 atom stereocenters. The first-order valence-electron chi connectivity index (χ1n) is 7.48. The number of aliphatic imine (C=N–C) groups is 1. The van der Waals surface area contributed by atoms with Crippen molar-refractivity contribution in [1.29, 1.82) is 0 Å². The van der Waals surface area contributed by atoms with E-state index in [0.29, 0.717) is 32.1 Å². The molecule has 24 heavy (non-hydrogen) atoms. The number of ether oxygens (including phenoxy) is 1. The summed E-state index contributed by atoms with van der Waals surface area (Å²) in [4.78, 5) is 17.3. The molecule has 1 aromatic rings. The summed E-state index contributed by atoms with van der Waals surface area (Å²) in [5.74, 6) is 0.211. The van der Waals surface area contributed by atoms with E-state index in [2.05, 4.69) is 15.6 Å². The first-order valence-corrected chi connectivity index (χ1v) is 7.48. The summed E-state index contributed by atoms with van der Waals surface area (Å²) in [7, 11) is 4.99. The molecule has 0 heterocycles. The van der Waals surface area contributed by atoms with Gasteiger partial charge in [0.1, 0.15) is 12.4 Å². The van der Waals surface area contributed by atoms with Gasteiger partial charge >= 0.3 is 0 Å². The van der Waals surface area contributed by atoms with Crippen LogP contribution in [0.4, 0.5) is 4.39 Å². The zero-order valence-corrected chi connectivity index (χ0v) is 16.7. The van der Waals surface area contributed by atoms with Gasteiger partial charge < -0.3 is 20.3 Å². The molecule has 0 aliphatic carbocycles. The van der Waals surface area contributed by atoms with Crippen molar-refractivity contribution in [2.24, 2.45) is 4.99 Å². The highest BCUT2D eigenvalue weighted by molar-refractivity contribution is 14.0. The van der Waals surface area contributed by atoms with Crippen LogP contribution in [-0.4, -0.2) is 64.2 Å². The predicted molar refractivity (Wildman–Crippen MR) is 104 cm³/mol. The molecular weight excluding hydrogens is 426 g/mol. The second-order valence-corrected chi connectivity index (χ2v) is 5.18. The smallest absolute Gasteiger partial charge is 0.243 e. The molecule has 0 unspecified atom stereocenters. The Balaban J connectivity index is 0.00000529. The van der Waals surface area contributed by atoms with E-state index in [9.17, 15) is 9.18 Å². The number of halogens is 2. The van der Waals surface area contributed by atoms with Crippen LogP contribution in [0.3, 0.4) is 0 Å². The molecule has 136 valence electrons. The van der Waals surface area contributed by atoms with Crippen molar-refractivity contribution in [1.82, 2.24) is 15.5 Å². The fourth-order valence-corrected chi connectivity index (χ4v) is 1.75. The Morgan fingerprint density at radius 1 is 1.29 bits per heavy atom. The molecule has 0 bridgehead atoms. The summed E-state index contributed by atoms with van der Waals surface area (Å²) < 4.78 is 18.1. The van der Waals surface area contributed by atoms with Gasteiger partial charge in [-0.05, 0) is 24.1 Å². The van der Waals surface area contributed by atoms with Crippen LogP contribution in [0.5, 0.6) is 0 Å². The highest BCUT2D eigenvalue weighted by Gasteiger charge is 2.04. The van der Waals surface area contributed by atoms with Gasteiger partial charge in [0.15, 0.2) is 5.96 Å². The molecule has 0 radical (unpaired) electrons. The summed E-state index contributed by atoms with van der Waals surface area (Å²) in [6.07, 6.45) is 0.657. The van der Waals surface area contributed by atoms with Gasteiger partial charge in [-0.2, -0.15) is 0 Å². The third-order valence-corrected chi connectivity index (χ3v) is 3.07. The lowest BCUT2D eigenvalue weighted by Crippen LogP contribution is -2.40. The van der Waals surface area contributed by atoms with Crippen molar-refractivity contribution in [3.63, 3.8) is 0 Å². The number of nitrogens with zero attached hydrogens (tertiary/aromatic N) is 2. The molecule has 0 aliphatic rings. The summed E-state index contributed by atoms with van der Waals surface area (Å²) in [6, 6.07) is 6.48. The lowest BCUT2D eigenvalue weighted by Gasteiger charge is -2.13. The average molecular weight is 452 g/mol. The summed E-state index contributed by atoms with van der Waals surface area (Å²) >= 11 is 0. The van der Waals surface area contributed by atoms with E-state index in [-0.39, 0.29) is 42.2 Å². The second kappa shape index (κ2) is 12.9. The van der Waals surface area contributed by atoms with Crippen molar-refractivity contribution >= 4 is 35.8 Å². The zero-order chi connectivity index (χ0) is 17.1. The van der Waals surface area contributed by atoms with E-state index < -0.39 is 0 Å². The van der Waals surface area contributed by atoms with E-state index in [1.165, 1.54) is 17.0 Å².